The minimum absolute atomic E-state index is 0.973. The van der Waals surface area contributed by atoms with Crippen molar-refractivity contribution in [1.29, 1.82) is 0 Å². The van der Waals surface area contributed by atoms with Crippen molar-refractivity contribution in [3.63, 3.8) is 0 Å². The summed E-state index contributed by atoms with van der Waals surface area (Å²) < 4.78 is 3.19. The smallest absolute Gasteiger partial charge is 0.0321 e. The molecule has 0 bridgehead atoms. The Morgan fingerprint density at radius 2 is 2.17 bits per heavy atom. The summed E-state index contributed by atoms with van der Waals surface area (Å²) in [7, 11) is 0. The molecule has 0 aromatic heterocycles. The van der Waals surface area contributed by atoms with Gasteiger partial charge in [-0.15, -0.1) is 0 Å². The lowest BCUT2D eigenvalue weighted by Crippen LogP contribution is -1.95. The molecule has 0 aliphatic carbocycles. The summed E-state index contributed by atoms with van der Waals surface area (Å²) in [5, 5.41) is 0. The van der Waals surface area contributed by atoms with E-state index in [-0.39, 0.29) is 0 Å². The lowest BCUT2D eigenvalue weighted by Gasteiger charge is -1.92. The first-order valence-corrected chi connectivity index (χ1v) is 5.08. The highest BCUT2D eigenvalue weighted by Crippen LogP contribution is 2.27. The van der Waals surface area contributed by atoms with E-state index in [1.54, 1.807) is 11.9 Å². The van der Waals surface area contributed by atoms with Crippen molar-refractivity contribution >= 4 is 11.9 Å². The van der Waals surface area contributed by atoms with Gasteiger partial charge in [0.05, 0.1) is 0 Å². The van der Waals surface area contributed by atoms with Gasteiger partial charge < -0.3 is 0 Å². The van der Waals surface area contributed by atoms with Crippen LogP contribution in [0.3, 0.4) is 0 Å². The third-order valence-electron chi connectivity index (χ3n) is 1.38. The summed E-state index contributed by atoms with van der Waals surface area (Å²) >= 11 is 1.67. The van der Waals surface area contributed by atoms with E-state index in [1.807, 2.05) is 26.0 Å². The van der Waals surface area contributed by atoms with E-state index in [0.29, 0.717) is 0 Å². The Morgan fingerprint density at radius 3 is 2.67 bits per heavy atom. The van der Waals surface area contributed by atoms with E-state index in [9.17, 15) is 0 Å². The van der Waals surface area contributed by atoms with Crippen LogP contribution in [0.5, 0.6) is 0 Å². The van der Waals surface area contributed by atoms with Gasteiger partial charge in [0, 0.05) is 11.4 Å². The van der Waals surface area contributed by atoms with E-state index in [1.165, 1.54) is 10.5 Å². The average Bonchev–Trinajstić information content (AvgIpc) is 2.56. The molecule has 0 unspecified atom stereocenters. The molecule has 1 aliphatic heterocycles. The molecule has 68 valence electrons. The molecule has 0 radical (unpaired) electrons. The minimum atomic E-state index is 0.973. The van der Waals surface area contributed by atoms with E-state index >= 15 is 0 Å². The third-order valence-corrected chi connectivity index (χ3v) is 2.29. The molecule has 0 atom stereocenters. The lowest BCUT2D eigenvalue weighted by molar-refractivity contribution is 1.11. The molecule has 0 saturated carbocycles. The Labute approximate surface area is 79.8 Å². The monoisotopic (exact) mass is 183 g/mol. The standard InChI is InChI=1S/C8H11NS.C2H6/c1-3-5-8-7(4-2)6-9-10-8;1-2/h3-5,9H,1,6H2,2H3;1-2H3/b7-4-,8-5+;. The Kier molecular flexibility index (Phi) is 6.91. The van der Waals surface area contributed by atoms with Crippen LogP contribution < -0.4 is 4.72 Å². The van der Waals surface area contributed by atoms with Gasteiger partial charge >= 0.3 is 0 Å². The zero-order chi connectivity index (χ0) is 9.40. The molecule has 1 saturated heterocycles. The van der Waals surface area contributed by atoms with Gasteiger partial charge in [-0.3, -0.25) is 4.72 Å². The number of allylic oxidation sites excluding steroid dienone is 3. The predicted molar refractivity (Wildman–Crippen MR) is 59.0 cm³/mol. The molecule has 0 spiro atoms. The van der Waals surface area contributed by atoms with Gasteiger partial charge in [0.2, 0.25) is 0 Å². The Balaban J connectivity index is 0.000000561. The van der Waals surface area contributed by atoms with Gasteiger partial charge in [-0.25, -0.2) is 0 Å². The van der Waals surface area contributed by atoms with Crippen molar-refractivity contribution in [2.45, 2.75) is 20.8 Å². The fraction of sp³-hybridized carbons (Fsp3) is 0.400. The Bertz CT molecular complexity index is 192. The first-order valence-electron chi connectivity index (χ1n) is 4.26. The fourth-order valence-electron chi connectivity index (χ4n) is 0.837. The fourth-order valence-corrected chi connectivity index (χ4v) is 1.71. The normalized spacial score (nSPS) is 22.2. The SMILES string of the molecule is C=C/C=C1/SNC/C1=C/C.CC. The van der Waals surface area contributed by atoms with Crippen LogP contribution in [-0.4, -0.2) is 6.54 Å². The molecule has 12 heavy (non-hydrogen) atoms. The van der Waals surface area contributed by atoms with Crippen LogP contribution in [0.15, 0.2) is 35.3 Å². The second-order valence-corrected chi connectivity index (χ2v) is 2.94. The number of hydrogen-bond donors (Lipinski definition) is 1. The molecule has 1 aliphatic rings. The summed E-state index contributed by atoms with van der Waals surface area (Å²) in [5.41, 5.74) is 1.37. The zero-order valence-electron chi connectivity index (χ0n) is 8.05. The molecule has 1 N–H and O–H groups in total. The highest BCUT2D eigenvalue weighted by molar-refractivity contribution is 8.01. The van der Waals surface area contributed by atoms with Crippen molar-refractivity contribution in [3.8, 4) is 0 Å². The lowest BCUT2D eigenvalue weighted by atomic mass is 10.2. The Morgan fingerprint density at radius 1 is 1.50 bits per heavy atom. The molecular formula is C10H17NS. The van der Waals surface area contributed by atoms with Crippen LogP contribution in [0.4, 0.5) is 0 Å². The van der Waals surface area contributed by atoms with Crippen molar-refractivity contribution in [2.75, 3.05) is 6.54 Å². The maximum atomic E-state index is 3.65. The summed E-state index contributed by atoms with van der Waals surface area (Å²) in [4.78, 5) is 1.29. The first kappa shape index (κ1) is 11.5. The minimum Gasteiger partial charge on any atom is -0.255 e. The van der Waals surface area contributed by atoms with Crippen LogP contribution in [0.2, 0.25) is 0 Å². The highest BCUT2D eigenvalue weighted by atomic mass is 32.2. The number of rotatable bonds is 1. The van der Waals surface area contributed by atoms with Gasteiger partial charge in [-0.1, -0.05) is 32.6 Å². The zero-order valence-corrected chi connectivity index (χ0v) is 8.87. The third kappa shape index (κ3) is 3.28. The van der Waals surface area contributed by atoms with Crippen LogP contribution in [0.25, 0.3) is 0 Å². The highest BCUT2D eigenvalue weighted by Gasteiger charge is 2.10. The maximum absolute atomic E-state index is 3.65. The summed E-state index contributed by atoms with van der Waals surface area (Å²) in [6.07, 6.45) is 5.97. The van der Waals surface area contributed by atoms with Crippen molar-refractivity contribution in [1.82, 2.24) is 4.72 Å². The van der Waals surface area contributed by atoms with Crippen LogP contribution in [-0.2, 0) is 0 Å². The first-order chi connectivity index (χ1) is 5.88. The van der Waals surface area contributed by atoms with Crippen LogP contribution in [0, 0.1) is 0 Å². The largest absolute Gasteiger partial charge is 0.255 e. The summed E-state index contributed by atoms with van der Waals surface area (Å²) in [5.74, 6) is 0. The molecule has 2 heteroatoms. The van der Waals surface area contributed by atoms with Gasteiger partial charge in [-0.2, -0.15) is 0 Å². The molecule has 0 aromatic carbocycles. The van der Waals surface area contributed by atoms with E-state index in [2.05, 4.69) is 24.3 Å². The van der Waals surface area contributed by atoms with Crippen LogP contribution in [0.1, 0.15) is 20.8 Å². The average molecular weight is 183 g/mol. The second kappa shape index (κ2) is 7.19. The van der Waals surface area contributed by atoms with Gasteiger partial charge in [0.1, 0.15) is 0 Å². The topological polar surface area (TPSA) is 12.0 Å². The van der Waals surface area contributed by atoms with E-state index < -0.39 is 0 Å². The molecular weight excluding hydrogens is 166 g/mol. The van der Waals surface area contributed by atoms with Gasteiger partial charge in [0.15, 0.2) is 0 Å². The molecule has 0 amide bonds. The maximum Gasteiger partial charge on any atom is 0.0321 e. The number of nitrogens with one attached hydrogen (secondary N) is 1. The Hall–Kier alpha value is -0.470. The van der Waals surface area contributed by atoms with Crippen molar-refractivity contribution in [2.24, 2.45) is 0 Å². The molecule has 1 rings (SSSR count). The van der Waals surface area contributed by atoms with E-state index in [4.69, 9.17) is 0 Å². The second-order valence-electron chi connectivity index (χ2n) is 2.00. The molecule has 1 nitrogen and oxygen atoms in total. The number of hydrogen-bond acceptors (Lipinski definition) is 2. The molecule has 1 fully saturated rings. The molecule has 1 heterocycles. The van der Waals surface area contributed by atoms with Crippen molar-refractivity contribution < 1.29 is 0 Å². The molecule has 0 aromatic rings. The van der Waals surface area contributed by atoms with Crippen LogP contribution >= 0.6 is 11.9 Å². The van der Waals surface area contributed by atoms with Crippen molar-refractivity contribution in [3.05, 3.63) is 35.3 Å². The predicted octanol–water partition coefficient (Wildman–Crippen LogP) is 3.28. The van der Waals surface area contributed by atoms with Gasteiger partial charge in [-0.05, 0) is 30.5 Å². The quantitative estimate of drug-likeness (QED) is 0.626. The summed E-state index contributed by atoms with van der Waals surface area (Å²) in [6.45, 7) is 10.7. The summed E-state index contributed by atoms with van der Waals surface area (Å²) in [6, 6.07) is 0. The van der Waals surface area contributed by atoms with Gasteiger partial charge in [0.25, 0.3) is 0 Å². The van der Waals surface area contributed by atoms with E-state index in [0.717, 1.165) is 6.54 Å².